The van der Waals surface area contributed by atoms with Crippen LogP contribution in [0.25, 0.3) is 10.9 Å². The number of para-hydroxylation sites is 1. The number of carbonyl (C=O) groups excluding carboxylic acids is 1. The van der Waals surface area contributed by atoms with Gasteiger partial charge >= 0.3 is 0 Å². The molecule has 3 rings (SSSR count). The summed E-state index contributed by atoms with van der Waals surface area (Å²) in [4.78, 5) is 19.9. The number of carbonyl (C=O) groups is 1. The van der Waals surface area contributed by atoms with Gasteiger partial charge in [-0.2, -0.15) is 0 Å². The van der Waals surface area contributed by atoms with Crippen molar-refractivity contribution in [1.29, 1.82) is 0 Å². The highest BCUT2D eigenvalue weighted by Gasteiger charge is 2.03. The maximum absolute atomic E-state index is 11.2. The van der Waals surface area contributed by atoms with Crippen molar-refractivity contribution in [2.45, 2.75) is 44.9 Å². The van der Waals surface area contributed by atoms with Crippen molar-refractivity contribution in [3.63, 3.8) is 0 Å². The minimum atomic E-state index is -0.392. The van der Waals surface area contributed by atoms with E-state index in [1.54, 1.807) is 18.3 Å². The van der Waals surface area contributed by atoms with Crippen molar-refractivity contribution in [2.24, 2.45) is 5.73 Å². The number of fused-ring (bicyclic) bond motifs is 1. The highest BCUT2D eigenvalue weighted by atomic mass is 16.1. The standard InChI is InChI=1S/C23H28N4O/c24-23(28)18-12-15-25-19(17-18)9-5-3-1-2-4-8-14-26-22-13-16-27-21-11-7-6-10-20(21)22/h6-7,10-13,15-17H,1-5,8-9,14H2,(H2,24,28)(H,26,27). The van der Waals surface area contributed by atoms with Crippen LogP contribution >= 0.6 is 0 Å². The SMILES string of the molecule is NC(=O)c1ccnc(CCCCCCCCNc2ccnc3ccccc23)c1. The molecule has 5 heteroatoms. The molecular weight excluding hydrogens is 348 g/mol. The molecule has 0 atom stereocenters. The molecule has 0 radical (unpaired) electrons. The molecule has 2 aromatic heterocycles. The molecule has 0 saturated heterocycles. The van der Waals surface area contributed by atoms with Crippen LogP contribution in [0.15, 0.2) is 54.9 Å². The van der Waals surface area contributed by atoms with Crippen LogP contribution in [0.3, 0.4) is 0 Å². The molecule has 5 nitrogen and oxygen atoms in total. The number of pyridine rings is 2. The lowest BCUT2D eigenvalue weighted by Crippen LogP contribution is -2.11. The third kappa shape index (κ3) is 5.78. The predicted molar refractivity (Wildman–Crippen MR) is 114 cm³/mol. The topological polar surface area (TPSA) is 80.9 Å². The lowest BCUT2D eigenvalue weighted by molar-refractivity contribution is 0.1000. The second kappa shape index (κ2) is 10.4. The fourth-order valence-corrected chi connectivity index (χ4v) is 3.38. The van der Waals surface area contributed by atoms with Crippen LogP contribution in [0.5, 0.6) is 0 Å². The number of nitrogens with one attached hydrogen (secondary N) is 1. The van der Waals surface area contributed by atoms with Gasteiger partial charge in [0.2, 0.25) is 5.91 Å². The molecule has 0 spiro atoms. The highest BCUT2D eigenvalue weighted by Crippen LogP contribution is 2.21. The second-order valence-electron chi connectivity index (χ2n) is 7.07. The van der Waals surface area contributed by atoms with E-state index in [0.29, 0.717) is 5.56 Å². The molecular formula is C23H28N4O. The van der Waals surface area contributed by atoms with Gasteiger partial charge in [0.05, 0.1) is 5.52 Å². The van der Waals surface area contributed by atoms with E-state index in [0.717, 1.165) is 36.3 Å². The lowest BCUT2D eigenvalue weighted by atomic mass is 10.1. The summed E-state index contributed by atoms with van der Waals surface area (Å²) in [5.74, 6) is -0.392. The van der Waals surface area contributed by atoms with Gasteiger partial charge < -0.3 is 11.1 Å². The van der Waals surface area contributed by atoms with Gasteiger partial charge in [0, 0.05) is 41.3 Å². The third-order valence-corrected chi connectivity index (χ3v) is 4.93. The zero-order valence-corrected chi connectivity index (χ0v) is 16.2. The summed E-state index contributed by atoms with van der Waals surface area (Å²) >= 11 is 0. The summed E-state index contributed by atoms with van der Waals surface area (Å²) in [6.07, 6.45) is 11.6. The number of rotatable bonds is 11. The fourth-order valence-electron chi connectivity index (χ4n) is 3.38. The van der Waals surface area contributed by atoms with Crippen LogP contribution in [0.2, 0.25) is 0 Å². The molecule has 0 bridgehead atoms. The molecule has 2 heterocycles. The molecule has 0 fully saturated rings. The number of amides is 1. The first-order chi connectivity index (χ1) is 13.7. The molecule has 28 heavy (non-hydrogen) atoms. The van der Waals surface area contributed by atoms with Crippen molar-refractivity contribution in [3.8, 4) is 0 Å². The number of aryl methyl sites for hydroxylation is 1. The number of aromatic nitrogens is 2. The summed E-state index contributed by atoms with van der Waals surface area (Å²) in [5, 5.41) is 4.72. The Morgan fingerprint density at radius 1 is 0.893 bits per heavy atom. The van der Waals surface area contributed by atoms with Crippen molar-refractivity contribution < 1.29 is 4.79 Å². The van der Waals surface area contributed by atoms with Gasteiger partial charge in [-0.25, -0.2) is 0 Å². The normalized spacial score (nSPS) is 10.9. The Hall–Kier alpha value is -2.95. The number of primary amides is 1. The number of hydrogen-bond acceptors (Lipinski definition) is 4. The Morgan fingerprint density at radius 3 is 2.50 bits per heavy atom. The van der Waals surface area contributed by atoms with E-state index in [9.17, 15) is 4.79 Å². The zero-order chi connectivity index (χ0) is 19.6. The van der Waals surface area contributed by atoms with Crippen molar-refractivity contribution in [2.75, 3.05) is 11.9 Å². The molecule has 1 aromatic carbocycles. The molecule has 0 aliphatic carbocycles. The maximum Gasteiger partial charge on any atom is 0.248 e. The van der Waals surface area contributed by atoms with E-state index >= 15 is 0 Å². The Morgan fingerprint density at radius 2 is 1.64 bits per heavy atom. The van der Waals surface area contributed by atoms with E-state index in [1.165, 1.54) is 37.5 Å². The van der Waals surface area contributed by atoms with Gasteiger partial charge in [0.15, 0.2) is 0 Å². The molecule has 1 amide bonds. The van der Waals surface area contributed by atoms with E-state index in [1.807, 2.05) is 24.4 Å². The fraction of sp³-hybridized carbons (Fsp3) is 0.348. The van der Waals surface area contributed by atoms with E-state index < -0.39 is 5.91 Å². The molecule has 0 aliphatic rings. The van der Waals surface area contributed by atoms with Gasteiger partial charge in [0.25, 0.3) is 0 Å². The first kappa shape index (κ1) is 19.8. The number of nitrogens with zero attached hydrogens (tertiary/aromatic N) is 2. The van der Waals surface area contributed by atoms with Gasteiger partial charge in [-0.1, -0.05) is 43.9 Å². The Balaban J connectivity index is 1.27. The molecule has 146 valence electrons. The minimum Gasteiger partial charge on any atom is -0.384 e. The quantitative estimate of drug-likeness (QED) is 0.474. The van der Waals surface area contributed by atoms with E-state index in [4.69, 9.17) is 5.73 Å². The van der Waals surface area contributed by atoms with Crippen molar-refractivity contribution >= 4 is 22.5 Å². The van der Waals surface area contributed by atoms with Crippen LogP contribution in [0, 0.1) is 0 Å². The van der Waals surface area contributed by atoms with Gasteiger partial charge in [-0.15, -0.1) is 0 Å². The zero-order valence-electron chi connectivity index (χ0n) is 16.2. The second-order valence-corrected chi connectivity index (χ2v) is 7.07. The molecule has 3 aromatic rings. The molecule has 3 N–H and O–H groups in total. The van der Waals surface area contributed by atoms with Crippen molar-refractivity contribution in [1.82, 2.24) is 9.97 Å². The van der Waals surface area contributed by atoms with Crippen LogP contribution in [0.4, 0.5) is 5.69 Å². The number of nitrogens with two attached hydrogens (primary N) is 1. The Bertz CT molecular complexity index is 905. The summed E-state index contributed by atoms with van der Waals surface area (Å²) in [6, 6.07) is 13.7. The number of anilines is 1. The monoisotopic (exact) mass is 376 g/mol. The number of benzene rings is 1. The Labute approximate surface area is 166 Å². The van der Waals surface area contributed by atoms with Gasteiger partial charge in [0.1, 0.15) is 0 Å². The Kier molecular flexibility index (Phi) is 7.36. The predicted octanol–water partition coefficient (Wildman–Crippen LogP) is 4.72. The largest absolute Gasteiger partial charge is 0.384 e. The first-order valence-electron chi connectivity index (χ1n) is 10.1. The van der Waals surface area contributed by atoms with Crippen LogP contribution < -0.4 is 11.1 Å². The summed E-state index contributed by atoms with van der Waals surface area (Å²) in [5.41, 5.74) is 8.99. The molecule has 0 saturated carbocycles. The average Bonchev–Trinajstić information content (AvgIpc) is 2.73. The smallest absolute Gasteiger partial charge is 0.248 e. The molecule has 0 unspecified atom stereocenters. The van der Waals surface area contributed by atoms with E-state index in [2.05, 4.69) is 27.4 Å². The first-order valence-corrected chi connectivity index (χ1v) is 10.1. The minimum absolute atomic E-state index is 0.392. The highest BCUT2D eigenvalue weighted by molar-refractivity contribution is 5.92. The van der Waals surface area contributed by atoms with Gasteiger partial charge in [-0.3, -0.25) is 14.8 Å². The lowest BCUT2D eigenvalue weighted by Gasteiger charge is -2.09. The summed E-state index contributed by atoms with van der Waals surface area (Å²) in [6.45, 7) is 0.984. The average molecular weight is 377 g/mol. The molecule has 0 aliphatic heterocycles. The number of hydrogen-bond donors (Lipinski definition) is 2. The van der Waals surface area contributed by atoms with Crippen LogP contribution in [-0.2, 0) is 6.42 Å². The summed E-state index contributed by atoms with van der Waals surface area (Å²) in [7, 11) is 0. The van der Waals surface area contributed by atoms with Gasteiger partial charge in [-0.05, 0) is 43.5 Å². The number of unbranched alkanes of at least 4 members (excludes halogenated alkanes) is 5. The third-order valence-electron chi connectivity index (χ3n) is 4.93. The van der Waals surface area contributed by atoms with Crippen LogP contribution in [-0.4, -0.2) is 22.4 Å². The maximum atomic E-state index is 11.2. The van der Waals surface area contributed by atoms with E-state index in [-0.39, 0.29) is 0 Å². The van der Waals surface area contributed by atoms with Crippen LogP contribution in [0.1, 0.15) is 54.6 Å². The van der Waals surface area contributed by atoms with Crippen molar-refractivity contribution in [3.05, 3.63) is 66.1 Å². The summed E-state index contributed by atoms with van der Waals surface area (Å²) < 4.78 is 0.